The van der Waals surface area contributed by atoms with Crippen LogP contribution in [0.2, 0.25) is 0 Å². The fraction of sp³-hybridized carbons (Fsp3) is 0.750. The Kier molecular flexibility index (Phi) is 1.52. The van der Waals surface area contributed by atoms with Crippen LogP contribution in [0.1, 0.15) is 20.8 Å². The van der Waals surface area contributed by atoms with Crippen LogP contribution in [-0.2, 0) is 0 Å². The lowest BCUT2D eigenvalue weighted by molar-refractivity contribution is 0.443. The van der Waals surface area contributed by atoms with Gasteiger partial charge in [-0.2, -0.15) is 0 Å². The molecule has 1 aliphatic heterocycles. The Morgan fingerprint density at radius 3 is 2.00 bits per heavy atom. The van der Waals surface area contributed by atoms with E-state index in [-0.39, 0.29) is 0 Å². The van der Waals surface area contributed by atoms with Crippen LogP contribution in [0.5, 0.6) is 0 Å². The molecule has 3 unspecified atom stereocenters. The van der Waals surface area contributed by atoms with Gasteiger partial charge in [-0.15, -0.1) is 0 Å². The Morgan fingerprint density at radius 1 is 1.33 bits per heavy atom. The van der Waals surface area contributed by atoms with Crippen molar-refractivity contribution in [2.45, 2.75) is 26.8 Å². The van der Waals surface area contributed by atoms with Gasteiger partial charge in [0.15, 0.2) is 0 Å². The van der Waals surface area contributed by atoms with Crippen molar-refractivity contribution in [3.05, 3.63) is 12.3 Å². The summed E-state index contributed by atoms with van der Waals surface area (Å²) < 4.78 is 0. The van der Waals surface area contributed by atoms with E-state index in [4.69, 9.17) is 0 Å². The average molecular weight is 125 g/mol. The Hall–Kier alpha value is -0.460. The Bertz CT molecular complexity index is 129. The van der Waals surface area contributed by atoms with Crippen LogP contribution in [0.4, 0.5) is 0 Å². The largest absolute Gasteiger partial charge is 0.386 e. The maximum absolute atomic E-state index is 3.92. The van der Waals surface area contributed by atoms with Crippen LogP contribution < -0.4 is 5.32 Å². The van der Waals surface area contributed by atoms with Crippen molar-refractivity contribution in [1.29, 1.82) is 0 Å². The molecule has 0 amide bonds. The third-order valence-electron chi connectivity index (χ3n) is 2.54. The van der Waals surface area contributed by atoms with Gasteiger partial charge in [-0.05, 0) is 18.8 Å². The van der Waals surface area contributed by atoms with Gasteiger partial charge in [0.05, 0.1) is 0 Å². The van der Waals surface area contributed by atoms with Gasteiger partial charge in [-0.1, -0.05) is 20.4 Å². The first kappa shape index (κ1) is 6.66. The van der Waals surface area contributed by atoms with E-state index in [1.807, 2.05) is 0 Å². The zero-order valence-electron chi connectivity index (χ0n) is 6.44. The highest BCUT2D eigenvalue weighted by Crippen LogP contribution is 2.27. The lowest BCUT2D eigenvalue weighted by Gasteiger charge is -2.10. The van der Waals surface area contributed by atoms with Crippen molar-refractivity contribution in [2.75, 3.05) is 0 Å². The van der Waals surface area contributed by atoms with Gasteiger partial charge in [0.1, 0.15) is 0 Å². The SMILES string of the molecule is C=C1NC(C)C(C)C1C. The molecule has 52 valence electrons. The van der Waals surface area contributed by atoms with Crippen LogP contribution in [0.3, 0.4) is 0 Å². The van der Waals surface area contributed by atoms with E-state index in [2.05, 4.69) is 32.7 Å². The third-order valence-corrected chi connectivity index (χ3v) is 2.54. The molecule has 1 nitrogen and oxygen atoms in total. The molecule has 0 radical (unpaired) electrons. The van der Waals surface area contributed by atoms with Gasteiger partial charge in [-0.25, -0.2) is 0 Å². The fourth-order valence-corrected chi connectivity index (χ4v) is 1.31. The van der Waals surface area contributed by atoms with Gasteiger partial charge in [0.25, 0.3) is 0 Å². The monoisotopic (exact) mass is 125 g/mol. The highest BCUT2D eigenvalue weighted by Gasteiger charge is 2.28. The molecule has 1 N–H and O–H groups in total. The molecule has 3 atom stereocenters. The zero-order chi connectivity index (χ0) is 7.02. The van der Waals surface area contributed by atoms with E-state index in [1.165, 1.54) is 5.70 Å². The van der Waals surface area contributed by atoms with E-state index in [0.29, 0.717) is 12.0 Å². The number of rotatable bonds is 0. The van der Waals surface area contributed by atoms with Gasteiger partial charge < -0.3 is 5.32 Å². The Balaban J connectivity index is 2.65. The van der Waals surface area contributed by atoms with E-state index in [9.17, 15) is 0 Å². The van der Waals surface area contributed by atoms with Crippen LogP contribution in [-0.4, -0.2) is 6.04 Å². The van der Waals surface area contributed by atoms with Crippen molar-refractivity contribution in [3.8, 4) is 0 Å². The quantitative estimate of drug-likeness (QED) is 0.520. The van der Waals surface area contributed by atoms with Crippen molar-refractivity contribution in [1.82, 2.24) is 5.32 Å². The fourth-order valence-electron chi connectivity index (χ4n) is 1.31. The minimum Gasteiger partial charge on any atom is -0.386 e. The van der Waals surface area contributed by atoms with Gasteiger partial charge in [0.2, 0.25) is 0 Å². The summed E-state index contributed by atoms with van der Waals surface area (Å²) in [6.07, 6.45) is 0. The first-order valence-corrected chi connectivity index (χ1v) is 3.58. The van der Waals surface area contributed by atoms with E-state index in [1.54, 1.807) is 0 Å². The molecule has 0 spiro atoms. The lowest BCUT2D eigenvalue weighted by Crippen LogP contribution is -2.20. The number of hydrogen-bond donors (Lipinski definition) is 1. The van der Waals surface area contributed by atoms with Gasteiger partial charge in [0, 0.05) is 11.7 Å². The molecular weight excluding hydrogens is 110 g/mol. The highest BCUT2D eigenvalue weighted by molar-refractivity contribution is 5.07. The zero-order valence-corrected chi connectivity index (χ0v) is 6.44. The van der Waals surface area contributed by atoms with E-state index in [0.717, 1.165) is 5.92 Å². The average Bonchev–Trinajstić information content (AvgIpc) is 1.98. The molecule has 0 aromatic heterocycles. The first-order chi connectivity index (χ1) is 4.13. The predicted molar refractivity (Wildman–Crippen MR) is 40.1 cm³/mol. The molecule has 0 bridgehead atoms. The molecule has 1 heterocycles. The minimum atomic E-state index is 0.618. The maximum Gasteiger partial charge on any atom is 0.0261 e. The summed E-state index contributed by atoms with van der Waals surface area (Å²) in [5.74, 6) is 1.40. The van der Waals surface area contributed by atoms with Crippen LogP contribution >= 0.6 is 0 Å². The molecule has 1 aliphatic rings. The summed E-state index contributed by atoms with van der Waals surface area (Å²) >= 11 is 0. The van der Waals surface area contributed by atoms with Crippen molar-refractivity contribution < 1.29 is 0 Å². The molecule has 0 aromatic rings. The number of hydrogen-bond acceptors (Lipinski definition) is 1. The van der Waals surface area contributed by atoms with E-state index < -0.39 is 0 Å². The van der Waals surface area contributed by atoms with Crippen LogP contribution in [0, 0.1) is 11.8 Å². The van der Waals surface area contributed by atoms with Crippen molar-refractivity contribution >= 4 is 0 Å². The Labute approximate surface area is 57.1 Å². The van der Waals surface area contributed by atoms with Gasteiger partial charge >= 0.3 is 0 Å². The molecule has 9 heavy (non-hydrogen) atoms. The van der Waals surface area contributed by atoms with Crippen LogP contribution in [0.15, 0.2) is 12.3 Å². The topological polar surface area (TPSA) is 12.0 Å². The summed E-state index contributed by atoms with van der Waals surface area (Å²) in [7, 11) is 0. The summed E-state index contributed by atoms with van der Waals surface area (Å²) in [5.41, 5.74) is 1.20. The normalized spacial score (nSPS) is 43.0. The predicted octanol–water partition coefficient (Wildman–Crippen LogP) is 1.76. The summed E-state index contributed by atoms with van der Waals surface area (Å²) in [5, 5.41) is 3.32. The molecular formula is C8H15N. The smallest absolute Gasteiger partial charge is 0.0261 e. The molecule has 0 saturated carbocycles. The second-order valence-corrected chi connectivity index (χ2v) is 3.11. The number of nitrogens with one attached hydrogen (secondary N) is 1. The molecule has 1 saturated heterocycles. The second-order valence-electron chi connectivity index (χ2n) is 3.11. The Morgan fingerprint density at radius 2 is 1.89 bits per heavy atom. The standard InChI is InChI=1S/C8H15N/c1-5-6(2)8(4)9-7(5)3/h5-6,8-9H,3H2,1-2,4H3. The van der Waals surface area contributed by atoms with E-state index >= 15 is 0 Å². The highest BCUT2D eigenvalue weighted by atomic mass is 15.0. The molecule has 1 rings (SSSR count). The number of allylic oxidation sites excluding steroid dienone is 1. The molecule has 1 fully saturated rings. The lowest BCUT2D eigenvalue weighted by atomic mass is 9.94. The third kappa shape index (κ3) is 0.958. The van der Waals surface area contributed by atoms with Crippen LogP contribution in [0.25, 0.3) is 0 Å². The first-order valence-electron chi connectivity index (χ1n) is 3.58. The van der Waals surface area contributed by atoms with Crippen molar-refractivity contribution in [2.24, 2.45) is 11.8 Å². The summed E-state index contributed by atoms with van der Waals surface area (Å²) in [6, 6.07) is 0.618. The molecule has 1 heteroatoms. The van der Waals surface area contributed by atoms with Crippen molar-refractivity contribution in [3.63, 3.8) is 0 Å². The van der Waals surface area contributed by atoms with Gasteiger partial charge in [-0.3, -0.25) is 0 Å². The maximum atomic E-state index is 3.92. The molecule has 0 aromatic carbocycles. The summed E-state index contributed by atoms with van der Waals surface area (Å²) in [4.78, 5) is 0. The molecule has 0 aliphatic carbocycles. The minimum absolute atomic E-state index is 0.618. The summed E-state index contributed by atoms with van der Waals surface area (Å²) in [6.45, 7) is 10.6. The second kappa shape index (κ2) is 2.05.